The lowest BCUT2D eigenvalue weighted by Gasteiger charge is -2.70. The van der Waals surface area contributed by atoms with Gasteiger partial charge in [0.2, 0.25) is 0 Å². The Morgan fingerprint density at radius 2 is 1.93 bits per heavy atom. The summed E-state index contributed by atoms with van der Waals surface area (Å²) in [5, 5.41) is 5.93. The minimum atomic E-state index is -0.603. The number of benzene rings is 1. The molecule has 148 valence electrons. The van der Waals surface area contributed by atoms with Crippen molar-refractivity contribution >= 4 is 23.4 Å². The van der Waals surface area contributed by atoms with Gasteiger partial charge in [-0.1, -0.05) is 11.6 Å². The molecule has 1 aromatic heterocycles. The van der Waals surface area contributed by atoms with E-state index in [4.69, 9.17) is 20.8 Å². The molecule has 1 heterocycles. The smallest absolute Gasteiger partial charge is 0.273 e. The van der Waals surface area contributed by atoms with Crippen LogP contribution in [0.25, 0.3) is 0 Å². The largest absolute Gasteiger partial charge is 0.484 e. The molecular weight excluding hydrogens is 389 g/mol. The fraction of sp³-hybridized carbons (Fsp3) is 0.421. The van der Waals surface area contributed by atoms with E-state index < -0.39 is 5.82 Å². The Balaban J connectivity index is 1.25. The summed E-state index contributed by atoms with van der Waals surface area (Å²) in [5.74, 6) is 0.0100. The highest BCUT2D eigenvalue weighted by molar-refractivity contribution is 6.30. The van der Waals surface area contributed by atoms with Gasteiger partial charge in [0, 0.05) is 24.1 Å². The summed E-state index contributed by atoms with van der Waals surface area (Å²) in [6.45, 7) is 3.17. The summed E-state index contributed by atoms with van der Waals surface area (Å²) in [5.41, 5.74) is -0.318. The third-order valence-corrected chi connectivity index (χ3v) is 5.50. The number of aryl methyl sites for hydroxylation is 2. The molecule has 7 nitrogen and oxygen atoms in total. The van der Waals surface area contributed by atoms with Gasteiger partial charge in [-0.15, -0.1) is 0 Å². The Kier molecular flexibility index (Phi) is 4.33. The fourth-order valence-corrected chi connectivity index (χ4v) is 4.26. The fourth-order valence-electron chi connectivity index (χ4n) is 4.14. The molecule has 1 aromatic carbocycles. The van der Waals surface area contributed by atoms with Gasteiger partial charge in [0.05, 0.1) is 5.02 Å². The van der Waals surface area contributed by atoms with Crippen molar-refractivity contribution in [1.82, 2.24) is 15.6 Å². The molecule has 2 bridgehead atoms. The molecular formula is C19H19ClFN3O4. The van der Waals surface area contributed by atoms with E-state index in [9.17, 15) is 14.0 Å². The van der Waals surface area contributed by atoms with E-state index in [1.165, 1.54) is 12.1 Å². The number of carbonyl (C=O) groups is 2. The maximum atomic E-state index is 13.4. The number of ether oxygens (including phenoxy) is 1. The van der Waals surface area contributed by atoms with E-state index in [1.54, 1.807) is 13.8 Å². The average molecular weight is 408 g/mol. The van der Waals surface area contributed by atoms with E-state index in [-0.39, 0.29) is 40.3 Å². The number of carbonyl (C=O) groups excluding carboxylic acids is 2. The zero-order valence-electron chi connectivity index (χ0n) is 15.4. The lowest BCUT2D eigenvalue weighted by molar-refractivity contribution is -0.141. The van der Waals surface area contributed by atoms with Gasteiger partial charge in [-0.2, -0.15) is 0 Å². The summed E-state index contributed by atoms with van der Waals surface area (Å²) in [6.07, 6.45) is 1.97. The van der Waals surface area contributed by atoms with E-state index in [0.717, 1.165) is 6.07 Å². The van der Waals surface area contributed by atoms with Crippen molar-refractivity contribution in [3.05, 3.63) is 46.4 Å². The molecule has 0 radical (unpaired) electrons. The van der Waals surface area contributed by atoms with Crippen LogP contribution in [0.1, 0.15) is 41.4 Å². The van der Waals surface area contributed by atoms with Crippen LogP contribution in [0.3, 0.4) is 0 Å². The monoisotopic (exact) mass is 407 g/mol. The SMILES string of the molecule is Cc1nc(C(=O)NC23CC(NC(=O)COc4ccc(Cl)c(F)c4)(C2)C3)c(C)o1. The Labute approximate surface area is 165 Å². The highest BCUT2D eigenvalue weighted by Crippen LogP contribution is 2.60. The lowest BCUT2D eigenvalue weighted by atomic mass is 9.44. The van der Waals surface area contributed by atoms with Crippen LogP contribution in [0.2, 0.25) is 5.02 Å². The van der Waals surface area contributed by atoms with E-state index in [2.05, 4.69) is 15.6 Å². The van der Waals surface area contributed by atoms with Crippen LogP contribution in [-0.2, 0) is 4.79 Å². The molecule has 3 fully saturated rings. The summed E-state index contributed by atoms with van der Waals surface area (Å²) in [4.78, 5) is 28.6. The van der Waals surface area contributed by atoms with Crippen LogP contribution in [0, 0.1) is 19.7 Å². The van der Waals surface area contributed by atoms with E-state index in [0.29, 0.717) is 36.6 Å². The Hall–Kier alpha value is -2.61. The number of oxazole rings is 1. The molecule has 3 aliphatic rings. The lowest BCUT2D eigenvalue weighted by Crippen LogP contribution is -2.84. The van der Waals surface area contributed by atoms with Crippen molar-refractivity contribution < 1.29 is 23.1 Å². The summed E-state index contributed by atoms with van der Waals surface area (Å²) in [6, 6.07) is 4.00. The van der Waals surface area contributed by atoms with Crippen LogP contribution < -0.4 is 15.4 Å². The number of rotatable bonds is 6. The number of nitrogens with zero attached hydrogens (tertiary/aromatic N) is 1. The highest BCUT2D eigenvalue weighted by atomic mass is 35.5. The second kappa shape index (κ2) is 6.48. The van der Waals surface area contributed by atoms with Crippen molar-refractivity contribution in [2.45, 2.75) is 44.2 Å². The van der Waals surface area contributed by atoms with Crippen LogP contribution >= 0.6 is 11.6 Å². The van der Waals surface area contributed by atoms with Crippen LogP contribution in [-0.4, -0.2) is 34.5 Å². The predicted molar refractivity (Wildman–Crippen MR) is 97.8 cm³/mol. The first kappa shape index (κ1) is 18.7. The molecule has 5 rings (SSSR count). The minimum Gasteiger partial charge on any atom is -0.484 e. The summed E-state index contributed by atoms with van der Waals surface area (Å²) < 4.78 is 24.0. The Bertz CT molecular complexity index is 954. The standard InChI is InChI=1S/C19H19ClFN3O4/c1-10-16(22-11(2)28-10)17(26)24-19-7-18(8-19,9-19)23-15(25)6-27-12-3-4-13(20)14(21)5-12/h3-5H,6-9H2,1-2H3,(H,23,25)(H,24,26). The molecule has 3 aliphatic carbocycles. The molecule has 28 heavy (non-hydrogen) atoms. The van der Waals surface area contributed by atoms with Crippen LogP contribution in [0.4, 0.5) is 4.39 Å². The maximum Gasteiger partial charge on any atom is 0.273 e. The zero-order chi connectivity index (χ0) is 20.1. The van der Waals surface area contributed by atoms with Gasteiger partial charge in [0.15, 0.2) is 18.2 Å². The van der Waals surface area contributed by atoms with Crippen LogP contribution in [0.5, 0.6) is 5.75 Å². The van der Waals surface area contributed by atoms with Crippen molar-refractivity contribution in [1.29, 1.82) is 0 Å². The van der Waals surface area contributed by atoms with E-state index in [1.807, 2.05) is 0 Å². The first-order valence-electron chi connectivity index (χ1n) is 8.85. The number of amides is 2. The second-order valence-electron chi connectivity index (χ2n) is 7.60. The summed E-state index contributed by atoms with van der Waals surface area (Å²) in [7, 11) is 0. The number of hydrogen-bond acceptors (Lipinski definition) is 5. The maximum absolute atomic E-state index is 13.4. The van der Waals surface area contributed by atoms with Crippen LogP contribution in [0.15, 0.2) is 22.6 Å². The number of aromatic nitrogens is 1. The highest BCUT2D eigenvalue weighted by Gasteiger charge is 2.69. The average Bonchev–Trinajstić information content (AvgIpc) is 2.91. The molecule has 0 unspecified atom stereocenters. The predicted octanol–water partition coefficient (Wildman–Crippen LogP) is 2.68. The topological polar surface area (TPSA) is 93.5 Å². The molecule has 0 aliphatic heterocycles. The Morgan fingerprint density at radius 1 is 1.25 bits per heavy atom. The van der Waals surface area contributed by atoms with Gasteiger partial charge < -0.3 is 19.8 Å². The molecule has 0 atom stereocenters. The van der Waals surface area contributed by atoms with Gasteiger partial charge in [-0.05, 0) is 38.3 Å². The zero-order valence-corrected chi connectivity index (χ0v) is 16.2. The molecule has 2 N–H and O–H groups in total. The molecule has 2 aromatic rings. The number of halogens is 2. The van der Waals surface area contributed by atoms with Crippen molar-refractivity contribution in [2.75, 3.05) is 6.61 Å². The number of hydrogen-bond donors (Lipinski definition) is 2. The molecule has 2 amide bonds. The molecule has 0 spiro atoms. The van der Waals surface area contributed by atoms with Gasteiger partial charge in [0.1, 0.15) is 17.3 Å². The molecule has 3 saturated carbocycles. The van der Waals surface area contributed by atoms with Gasteiger partial charge >= 0.3 is 0 Å². The third-order valence-electron chi connectivity index (χ3n) is 5.19. The molecule has 9 heteroatoms. The Morgan fingerprint density at radius 3 is 2.54 bits per heavy atom. The van der Waals surface area contributed by atoms with Crippen molar-refractivity contribution in [3.8, 4) is 5.75 Å². The van der Waals surface area contributed by atoms with Gasteiger partial charge in [-0.25, -0.2) is 9.37 Å². The molecule has 0 saturated heterocycles. The van der Waals surface area contributed by atoms with Gasteiger partial charge in [-0.3, -0.25) is 9.59 Å². The first-order valence-corrected chi connectivity index (χ1v) is 9.23. The summed E-state index contributed by atoms with van der Waals surface area (Å²) >= 11 is 5.61. The normalized spacial score (nSPS) is 24.7. The van der Waals surface area contributed by atoms with Gasteiger partial charge in [0.25, 0.3) is 11.8 Å². The van der Waals surface area contributed by atoms with Crippen molar-refractivity contribution in [3.63, 3.8) is 0 Å². The van der Waals surface area contributed by atoms with Crippen molar-refractivity contribution in [2.24, 2.45) is 0 Å². The quantitative estimate of drug-likeness (QED) is 0.767. The number of nitrogens with one attached hydrogen (secondary N) is 2. The second-order valence-corrected chi connectivity index (χ2v) is 8.00. The third kappa shape index (κ3) is 3.32. The first-order chi connectivity index (χ1) is 13.2. The minimum absolute atomic E-state index is 0.00557. The van der Waals surface area contributed by atoms with E-state index >= 15 is 0 Å².